The van der Waals surface area contributed by atoms with Gasteiger partial charge in [0.15, 0.2) is 0 Å². The van der Waals surface area contributed by atoms with E-state index in [4.69, 9.17) is 0 Å². The number of benzene rings is 1. The number of H-pyrrole nitrogens is 1. The van der Waals surface area contributed by atoms with Crippen LogP contribution in [0.15, 0.2) is 30.5 Å². The van der Waals surface area contributed by atoms with Gasteiger partial charge in [-0.3, -0.25) is 9.89 Å². The minimum atomic E-state index is -0.794. The van der Waals surface area contributed by atoms with Crippen LogP contribution >= 0.6 is 0 Å². The zero-order valence-electron chi connectivity index (χ0n) is 11.4. The maximum absolute atomic E-state index is 13.8. The van der Waals surface area contributed by atoms with Crippen LogP contribution < -0.4 is 5.32 Å². The van der Waals surface area contributed by atoms with Crippen molar-refractivity contribution in [2.75, 3.05) is 6.54 Å². The first kappa shape index (κ1) is 13.8. The second kappa shape index (κ2) is 5.29. The first-order valence-corrected chi connectivity index (χ1v) is 6.88. The highest BCUT2D eigenvalue weighted by molar-refractivity contribution is 5.99. The summed E-state index contributed by atoms with van der Waals surface area (Å²) in [4.78, 5) is 12.2. The second-order valence-electron chi connectivity index (χ2n) is 5.40. The van der Waals surface area contributed by atoms with Crippen LogP contribution in [0.2, 0.25) is 0 Å². The lowest BCUT2D eigenvalue weighted by molar-refractivity contribution is -0.0300. The van der Waals surface area contributed by atoms with E-state index in [1.807, 2.05) is 0 Å². The first-order chi connectivity index (χ1) is 10.1. The summed E-state index contributed by atoms with van der Waals surface area (Å²) < 4.78 is 13.8. The van der Waals surface area contributed by atoms with Gasteiger partial charge in [0.2, 0.25) is 0 Å². The van der Waals surface area contributed by atoms with Gasteiger partial charge in [-0.1, -0.05) is 12.1 Å². The molecule has 3 N–H and O–H groups in total. The average molecular weight is 289 g/mol. The number of nitrogens with zero attached hydrogens (tertiary/aromatic N) is 1. The molecule has 1 heterocycles. The third-order valence-corrected chi connectivity index (χ3v) is 3.89. The van der Waals surface area contributed by atoms with Crippen molar-refractivity contribution in [3.05, 3.63) is 41.8 Å². The molecule has 0 aliphatic heterocycles. The monoisotopic (exact) mass is 289 g/mol. The third kappa shape index (κ3) is 2.67. The highest BCUT2D eigenvalue weighted by Gasteiger charge is 2.34. The minimum absolute atomic E-state index is 0.202. The van der Waals surface area contributed by atoms with Crippen LogP contribution in [0.1, 0.15) is 29.6 Å². The summed E-state index contributed by atoms with van der Waals surface area (Å²) in [6, 6.07) is 6.19. The maximum Gasteiger partial charge on any atom is 0.255 e. The lowest BCUT2D eigenvalue weighted by Crippen LogP contribution is -2.47. The van der Waals surface area contributed by atoms with Crippen molar-refractivity contribution in [1.82, 2.24) is 15.5 Å². The standard InChI is InChI=1S/C15H16FN3O2/c16-12-5-2-1-4-10(12)13-11(8-18-19-13)14(20)17-9-15(21)6-3-7-15/h1-2,4-5,8,21H,3,6-7,9H2,(H,17,20)(H,18,19). The Morgan fingerprint density at radius 1 is 1.43 bits per heavy atom. The number of hydrogen-bond acceptors (Lipinski definition) is 3. The molecule has 0 bridgehead atoms. The number of amides is 1. The highest BCUT2D eigenvalue weighted by Crippen LogP contribution is 2.31. The van der Waals surface area contributed by atoms with Gasteiger partial charge in [-0.15, -0.1) is 0 Å². The summed E-state index contributed by atoms with van der Waals surface area (Å²) in [5.74, 6) is -0.796. The lowest BCUT2D eigenvalue weighted by Gasteiger charge is -2.36. The van der Waals surface area contributed by atoms with Crippen LogP contribution in [0.25, 0.3) is 11.3 Å². The van der Waals surface area contributed by atoms with Crippen LogP contribution in [0.4, 0.5) is 4.39 Å². The molecule has 1 aliphatic carbocycles. The van der Waals surface area contributed by atoms with E-state index in [-0.39, 0.29) is 18.0 Å². The summed E-state index contributed by atoms with van der Waals surface area (Å²) in [5.41, 5.74) is 0.106. The van der Waals surface area contributed by atoms with Gasteiger partial charge in [0.05, 0.1) is 23.1 Å². The smallest absolute Gasteiger partial charge is 0.255 e. The number of aliphatic hydroxyl groups is 1. The molecular weight excluding hydrogens is 273 g/mol. The van der Waals surface area contributed by atoms with Crippen molar-refractivity contribution in [3.8, 4) is 11.3 Å². The van der Waals surface area contributed by atoms with Crippen LogP contribution in [-0.2, 0) is 0 Å². The number of halogens is 1. The summed E-state index contributed by atoms with van der Waals surface area (Å²) in [7, 11) is 0. The van der Waals surface area contributed by atoms with Gasteiger partial charge in [-0.2, -0.15) is 5.10 Å². The van der Waals surface area contributed by atoms with Gasteiger partial charge in [-0.05, 0) is 31.4 Å². The molecule has 0 radical (unpaired) electrons. The zero-order valence-corrected chi connectivity index (χ0v) is 11.4. The van der Waals surface area contributed by atoms with E-state index in [1.54, 1.807) is 18.2 Å². The molecule has 2 aromatic rings. The third-order valence-electron chi connectivity index (χ3n) is 3.89. The summed E-state index contributed by atoms with van der Waals surface area (Å²) in [6.45, 7) is 0.202. The fraction of sp³-hybridized carbons (Fsp3) is 0.333. The Kier molecular flexibility index (Phi) is 3.47. The molecule has 5 nitrogen and oxygen atoms in total. The molecule has 3 rings (SSSR count). The fourth-order valence-electron chi connectivity index (χ4n) is 2.43. The number of hydrogen-bond donors (Lipinski definition) is 3. The van der Waals surface area contributed by atoms with Gasteiger partial charge in [0.25, 0.3) is 5.91 Å². The van der Waals surface area contributed by atoms with Crippen molar-refractivity contribution in [3.63, 3.8) is 0 Å². The predicted molar refractivity (Wildman–Crippen MR) is 75.1 cm³/mol. The van der Waals surface area contributed by atoms with Crippen molar-refractivity contribution < 1.29 is 14.3 Å². The molecule has 110 valence electrons. The summed E-state index contributed by atoms with van der Waals surface area (Å²) in [5, 5.41) is 19.2. The zero-order chi connectivity index (χ0) is 14.9. The van der Waals surface area contributed by atoms with E-state index in [1.165, 1.54) is 12.3 Å². The second-order valence-corrected chi connectivity index (χ2v) is 5.40. The normalized spacial score (nSPS) is 16.3. The Bertz CT molecular complexity index is 664. The molecular formula is C15H16FN3O2. The van der Waals surface area contributed by atoms with Crippen molar-refractivity contribution >= 4 is 5.91 Å². The molecule has 1 saturated carbocycles. The Balaban J connectivity index is 1.79. The number of rotatable bonds is 4. The van der Waals surface area contributed by atoms with E-state index in [0.717, 1.165) is 6.42 Å². The molecule has 1 aromatic carbocycles. The van der Waals surface area contributed by atoms with Crippen LogP contribution in [0.5, 0.6) is 0 Å². The predicted octanol–water partition coefficient (Wildman–Crippen LogP) is 1.86. The fourth-order valence-corrected chi connectivity index (χ4v) is 2.43. The number of carbonyl (C=O) groups excluding carboxylic acids is 1. The maximum atomic E-state index is 13.8. The molecule has 6 heteroatoms. The number of nitrogens with one attached hydrogen (secondary N) is 2. The molecule has 1 amide bonds. The molecule has 21 heavy (non-hydrogen) atoms. The van der Waals surface area contributed by atoms with E-state index < -0.39 is 11.4 Å². The highest BCUT2D eigenvalue weighted by atomic mass is 19.1. The van der Waals surface area contributed by atoms with Crippen molar-refractivity contribution in [2.24, 2.45) is 0 Å². The SMILES string of the molecule is O=C(NCC1(O)CCC1)c1cn[nH]c1-c1ccccc1F. The molecule has 1 aliphatic rings. The van der Waals surface area contributed by atoms with E-state index >= 15 is 0 Å². The van der Waals surface area contributed by atoms with Gasteiger partial charge < -0.3 is 10.4 Å². The van der Waals surface area contributed by atoms with E-state index in [0.29, 0.717) is 24.1 Å². The summed E-state index contributed by atoms with van der Waals surface area (Å²) >= 11 is 0. The summed E-state index contributed by atoms with van der Waals surface area (Å²) in [6.07, 6.45) is 3.72. The van der Waals surface area contributed by atoms with Crippen molar-refractivity contribution in [1.29, 1.82) is 0 Å². The van der Waals surface area contributed by atoms with Gasteiger partial charge in [0.1, 0.15) is 5.82 Å². The average Bonchev–Trinajstić information content (AvgIpc) is 2.92. The first-order valence-electron chi connectivity index (χ1n) is 6.88. The molecule has 0 spiro atoms. The topological polar surface area (TPSA) is 78.0 Å². The Morgan fingerprint density at radius 3 is 2.86 bits per heavy atom. The van der Waals surface area contributed by atoms with E-state index in [2.05, 4.69) is 15.5 Å². The largest absolute Gasteiger partial charge is 0.388 e. The van der Waals surface area contributed by atoms with Gasteiger partial charge in [0, 0.05) is 12.1 Å². The Labute approximate surface area is 121 Å². The molecule has 0 unspecified atom stereocenters. The Morgan fingerprint density at radius 2 is 2.19 bits per heavy atom. The van der Waals surface area contributed by atoms with Gasteiger partial charge >= 0.3 is 0 Å². The number of aromatic amines is 1. The van der Waals surface area contributed by atoms with Crippen LogP contribution in [0.3, 0.4) is 0 Å². The quantitative estimate of drug-likeness (QED) is 0.804. The molecule has 0 saturated heterocycles. The Hall–Kier alpha value is -2.21. The number of aromatic nitrogens is 2. The lowest BCUT2D eigenvalue weighted by atomic mass is 9.80. The van der Waals surface area contributed by atoms with Crippen LogP contribution in [-0.4, -0.2) is 33.4 Å². The van der Waals surface area contributed by atoms with Crippen LogP contribution in [0, 0.1) is 5.82 Å². The molecule has 1 fully saturated rings. The van der Waals surface area contributed by atoms with E-state index in [9.17, 15) is 14.3 Å². The van der Waals surface area contributed by atoms with Gasteiger partial charge in [-0.25, -0.2) is 4.39 Å². The number of carbonyl (C=O) groups is 1. The molecule has 0 atom stereocenters. The molecule has 1 aromatic heterocycles. The minimum Gasteiger partial charge on any atom is -0.388 e. The van der Waals surface area contributed by atoms with Crippen molar-refractivity contribution in [2.45, 2.75) is 24.9 Å².